The van der Waals surface area contributed by atoms with Crippen molar-refractivity contribution in [2.45, 2.75) is 32.4 Å². The molecule has 4 nitrogen and oxygen atoms in total. The van der Waals surface area contributed by atoms with E-state index in [1.165, 1.54) is 19.1 Å². The van der Waals surface area contributed by atoms with Gasteiger partial charge < -0.3 is 15.8 Å². The van der Waals surface area contributed by atoms with E-state index in [1.54, 1.807) is 6.92 Å². The molecule has 0 radical (unpaired) electrons. The van der Waals surface area contributed by atoms with Gasteiger partial charge in [-0.15, -0.1) is 0 Å². The Morgan fingerprint density at radius 1 is 1.60 bits per heavy atom. The van der Waals surface area contributed by atoms with E-state index >= 15 is 0 Å². The number of nitrogens with one attached hydrogen (secondary N) is 1. The molecule has 3 N–H and O–H groups in total. The third-order valence-corrected chi connectivity index (χ3v) is 3.52. The van der Waals surface area contributed by atoms with Crippen molar-refractivity contribution < 1.29 is 18.3 Å². The number of amides is 1. The lowest BCUT2D eigenvalue weighted by Crippen LogP contribution is -2.47. The number of rotatable bonds is 5. The second-order valence-electron chi connectivity index (χ2n) is 4.37. The highest BCUT2D eigenvalue weighted by molar-refractivity contribution is 9.10. The van der Waals surface area contributed by atoms with Crippen molar-refractivity contribution in [2.75, 3.05) is 5.32 Å². The van der Waals surface area contributed by atoms with Gasteiger partial charge in [-0.25, -0.2) is 0 Å². The van der Waals surface area contributed by atoms with Gasteiger partial charge in [-0.3, -0.25) is 4.79 Å². The quantitative estimate of drug-likeness (QED) is 0.828. The Balaban J connectivity index is 3.13. The molecular weight excluding hydrogens is 357 g/mol. The molecule has 0 spiro atoms. The molecule has 0 aromatic heterocycles. The lowest BCUT2D eigenvalue weighted by molar-refractivity contribution is -0.120. The SMILES string of the molecule is CCC(C)(N)C(=O)Nc1cc(Cl)cc(Br)c1OC(F)F. The molecule has 0 heterocycles. The van der Waals surface area contributed by atoms with Crippen molar-refractivity contribution in [1.29, 1.82) is 0 Å². The maximum atomic E-state index is 12.4. The number of alkyl halides is 2. The van der Waals surface area contributed by atoms with Crippen LogP contribution in [0.4, 0.5) is 14.5 Å². The van der Waals surface area contributed by atoms with Gasteiger partial charge in [0.2, 0.25) is 5.91 Å². The van der Waals surface area contributed by atoms with E-state index in [-0.39, 0.29) is 20.9 Å². The van der Waals surface area contributed by atoms with Gasteiger partial charge in [0.1, 0.15) is 0 Å². The normalized spacial score (nSPS) is 14.0. The second-order valence-corrected chi connectivity index (χ2v) is 5.66. The Morgan fingerprint density at radius 3 is 2.70 bits per heavy atom. The Labute approximate surface area is 128 Å². The van der Waals surface area contributed by atoms with Gasteiger partial charge in [0.15, 0.2) is 5.75 Å². The number of nitrogens with two attached hydrogens (primary N) is 1. The van der Waals surface area contributed by atoms with E-state index in [2.05, 4.69) is 26.0 Å². The first-order valence-electron chi connectivity index (χ1n) is 5.71. The largest absolute Gasteiger partial charge is 0.431 e. The number of anilines is 1. The van der Waals surface area contributed by atoms with E-state index in [1.807, 2.05) is 0 Å². The number of hydrogen-bond acceptors (Lipinski definition) is 3. The molecule has 0 aliphatic heterocycles. The minimum Gasteiger partial charge on any atom is -0.431 e. The van der Waals surface area contributed by atoms with E-state index in [9.17, 15) is 13.6 Å². The van der Waals surface area contributed by atoms with Crippen molar-refractivity contribution in [2.24, 2.45) is 5.73 Å². The molecule has 20 heavy (non-hydrogen) atoms. The standard InChI is InChI=1S/C12H14BrClF2N2O2/c1-3-12(2,17)10(19)18-8-5-6(14)4-7(13)9(8)20-11(15)16/h4-5,11H,3,17H2,1-2H3,(H,18,19). The lowest BCUT2D eigenvalue weighted by Gasteiger charge is -2.23. The van der Waals surface area contributed by atoms with Crippen LogP contribution in [0.25, 0.3) is 0 Å². The summed E-state index contributed by atoms with van der Waals surface area (Å²) in [7, 11) is 0. The molecule has 8 heteroatoms. The molecule has 0 aliphatic rings. The summed E-state index contributed by atoms with van der Waals surface area (Å²) >= 11 is 8.89. The topological polar surface area (TPSA) is 64.4 Å². The maximum absolute atomic E-state index is 12.4. The molecule has 0 saturated heterocycles. The van der Waals surface area contributed by atoms with Gasteiger partial charge in [-0.1, -0.05) is 18.5 Å². The first-order chi connectivity index (χ1) is 9.17. The first-order valence-corrected chi connectivity index (χ1v) is 6.88. The van der Waals surface area contributed by atoms with Crippen LogP contribution in [0.3, 0.4) is 0 Å². The van der Waals surface area contributed by atoms with Gasteiger partial charge in [0.05, 0.1) is 15.7 Å². The monoisotopic (exact) mass is 370 g/mol. The van der Waals surface area contributed by atoms with Crippen molar-refractivity contribution in [3.8, 4) is 5.75 Å². The zero-order valence-corrected chi connectivity index (χ0v) is 13.2. The molecule has 1 atom stereocenters. The summed E-state index contributed by atoms with van der Waals surface area (Å²) < 4.78 is 29.4. The zero-order valence-electron chi connectivity index (χ0n) is 10.8. The summed E-state index contributed by atoms with van der Waals surface area (Å²) in [6.45, 7) is 0.248. The summed E-state index contributed by atoms with van der Waals surface area (Å²) in [6, 6.07) is 2.70. The Bertz CT molecular complexity index is 512. The fourth-order valence-corrected chi connectivity index (χ4v) is 2.19. The average molecular weight is 372 g/mol. The summed E-state index contributed by atoms with van der Waals surface area (Å²) in [5.41, 5.74) is 4.69. The summed E-state index contributed by atoms with van der Waals surface area (Å²) in [4.78, 5) is 12.0. The summed E-state index contributed by atoms with van der Waals surface area (Å²) in [6.07, 6.45) is 0.381. The van der Waals surface area contributed by atoms with Crippen LogP contribution in [0.1, 0.15) is 20.3 Å². The average Bonchev–Trinajstić information content (AvgIpc) is 2.33. The molecule has 0 aliphatic carbocycles. The highest BCUT2D eigenvalue weighted by atomic mass is 79.9. The molecule has 0 bridgehead atoms. The third-order valence-electron chi connectivity index (χ3n) is 2.72. The third kappa shape index (κ3) is 4.29. The predicted octanol–water partition coefficient (Wildman–Crippen LogP) is 3.77. The van der Waals surface area contributed by atoms with Crippen molar-refractivity contribution in [3.63, 3.8) is 0 Å². The zero-order chi connectivity index (χ0) is 15.5. The van der Waals surface area contributed by atoms with Crippen molar-refractivity contribution in [3.05, 3.63) is 21.6 Å². The first kappa shape index (κ1) is 17.1. The van der Waals surface area contributed by atoms with Crippen molar-refractivity contribution in [1.82, 2.24) is 0 Å². The van der Waals surface area contributed by atoms with Crippen LogP contribution in [-0.2, 0) is 4.79 Å². The highest BCUT2D eigenvalue weighted by Gasteiger charge is 2.27. The van der Waals surface area contributed by atoms with E-state index in [4.69, 9.17) is 17.3 Å². The molecule has 0 saturated carbocycles. The molecule has 1 rings (SSSR count). The summed E-state index contributed by atoms with van der Waals surface area (Å²) in [5, 5.41) is 2.71. The van der Waals surface area contributed by atoms with Crippen LogP contribution in [0, 0.1) is 0 Å². The number of carbonyl (C=O) groups excluding carboxylic acids is 1. The fourth-order valence-electron chi connectivity index (χ4n) is 1.29. The number of hydrogen-bond donors (Lipinski definition) is 2. The molecule has 1 unspecified atom stereocenters. The van der Waals surface area contributed by atoms with Crippen LogP contribution in [0.5, 0.6) is 5.75 Å². The predicted molar refractivity (Wildman–Crippen MR) is 77.3 cm³/mol. The van der Waals surface area contributed by atoms with E-state index in [0.717, 1.165) is 0 Å². The number of halogens is 4. The molecule has 1 aromatic rings. The number of benzene rings is 1. The molecule has 1 aromatic carbocycles. The fraction of sp³-hybridized carbons (Fsp3) is 0.417. The maximum Gasteiger partial charge on any atom is 0.387 e. The van der Waals surface area contributed by atoms with E-state index in [0.29, 0.717) is 6.42 Å². The molecule has 0 fully saturated rings. The van der Waals surface area contributed by atoms with Gasteiger partial charge in [-0.2, -0.15) is 8.78 Å². The highest BCUT2D eigenvalue weighted by Crippen LogP contribution is 2.37. The van der Waals surface area contributed by atoms with E-state index < -0.39 is 18.1 Å². The Hall–Kier alpha value is -0.920. The van der Waals surface area contributed by atoms with Crippen molar-refractivity contribution >= 4 is 39.1 Å². The number of carbonyl (C=O) groups is 1. The lowest BCUT2D eigenvalue weighted by atomic mass is 9.99. The van der Waals surface area contributed by atoms with Gasteiger partial charge in [-0.05, 0) is 41.4 Å². The molecular formula is C12H14BrClF2N2O2. The molecule has 1 amide bonds. The van der Waals surface area contributed by atoms with Crippen LogP contribution >= 0.6 is 27.5 Å². The van der Waals surface area contributed by atoms with Crippen LogP contribution in [0.2, 0.25) is 5.02 Å². The molecule has 112 valence electrons. The minimum atomic E-state index is -3.03. The van der Waals surface area contributed by atoms with Gasteiger partial charge in [0, 0.05) is 5.02 Å². The minimum absolute atomic E-state index is 0.0276. The second kappa shape index (κ2) is 6.69. The number of ether oxygens (including phenoxy) is 1. The Kier molecular flexibility index (Phi) is 5.73. The summed E-state index contributed by atoms with van der Waals surface area (Å²) in [5.74, 6) is -0.724. The van der Waals surface area contributed by atoms with Crippen LogP contribution < -0.4 is 15.8 Å². The van der Waals surface area contributed by atoms with Gasteiger partial charge in [0.25, 0.3) is 0 Å². The Morgan fingerprint density at radius 2 is 2.20 bits per heavy atom. The van der Waals surface area contributed by atoms with Crippen LogP contribution in [-0.4, -0.2) is 18.1 Å². The van der Waals surface area contributed by atoms with Crippen LogP contribution in [0.15, 0.2) is 16.6 Å². The smallest absolute Gasteiger partial charge is 0.387 e. The van der Waals surface area contributed by atoms with Gasteiger partial charge >= 0.3 is 6.61 Å².